The summed E-state index contributed by atoms with van der Waals surface area (Å²) in [6.45, 7) is 0.568. The Hall–Kier alpha value is -3.38. The van der Waals surface area contributed by atoms with E-state index in [9.17, 15) is 4.79 Å². The second kappa shape index (κ2) is 8.55. The highest BCUT2D eigenvalue weighted by atomic mass is 32.1. The number of nitrogens with zero attached hydrogens (tertiary/aromatic N) is 2. The van der Waals surface area contributed by atoms with E-state index in [0.29, 0.717) is 29.3 Å². The highest BCUT2D eigenvalue weighted by Gasteiger charge is 2.18. The molecule has 0 unspecified atom stereocenters. The van der Waals surface area contributed by atoms with Crippen LogP contribution in [0.1, 0.15) is 15.2 Å². The largest absolute Gasteiger partial charge is 0.493 e. The lowest BCUT2D eigenvalue weighted by Crippen LogP contribution is -2.26. The fourth-order valence-corrected chi connectivity index (χ4v) is 4.17. The number of amides is 1. The lowest BCUT2D eigenvalue weighted by atomic mass is 10.0. The van der Waals surface area contributed by atoms with Gasteiger partial charge >= 0.3 is 0 Å². The van der Waals surface area contributed by atoms with Gasteiger partial charge in [0, 0.05) is 22.9 Å². The van der Waals surface area contributed by atoms with E-state index in [1.165, 1.54) is 0 Å². The number of hydrogen-bond donors (Lipinski definition) is 0. The molecule has 6 heteroatoms. The molecule has 0 aliphatic carbocycles. The van der Waals surface area contributed by atoms with Crippen LogP contribution in [0.5, 0.6) is 11.5 Å². The molecule has 2 aromatic carbocycles. The van der Waals surface area contributed by atoms with Gasteiger partial charge in [0.05, 0.1) is 37.5 Å². The Bertz CT molecular complexity index is 1190. The molecule has 0 saturated carbocycles. The minimum atomic E-state index is -0.0382. The third kappa shape index (κ3) is 3.86. The van der Waals surface area contributed by atoms with E-state index in [0.717, 1.165) is 21.3 Å². The number of methoxy groups -OCH3 is 2. The smallest absolute Gasteiger partial charge is 0.254 e. The zero-order valence-electron chi connectivity index (χ0n) is 17.1. The average molecular weight is 419 g/mol. The molecule has 0 N–H and O–H groups in total. The predicted octanol–water partition coefficient (Wildman–Crippen LogP) is 5.25. The predicted molar refractivity (Wildman–Crippen MR) is 120 cm³/mol. The van der Waals surface area contributed by atoms with Gasteiger partial charge in [-0.05, 0) is 41.8 Å². The van der Waals surface area contributed by atoms with Gasteiger partial charge in [-0.3, -0.25) is 4.79 Å². The first-order valence-electron chi connectivity index (χ1n) is 9.50. The first kappa shape index (κ1) is 19.9. The Morgan fingerprint density at radius 2 is 1.80 bits per heavy atom. The second-order valence-corrected chi connectivity index (χ2v) is 7.91. The molecule has 2 heterocycles. The summed E-state index contributed by atoms with van der Waals surface area (Å²) in [6.07, 6.45) is 0. The van der Waals surface area contributed by atoms with E-state index < -0.39 is 0 Å². The summed E-state index contributed by atoms with van der Waals surface area (Å²) in [5, 5.41) is 2.86. The summed E-state index contributed by atoms with van der Waals surface area (Å²) in [4.78, 5) is 21.0. The summed E-state index contributed by atoms with van der Waals surface area (Å²) in [7, 11) is 5.03. The van der Waals surface area contributed by atoms with Crippen LogP contribution >= 0.6 is 11.3 Å². The highest BCUT2D eigenvalue weighted by Crippen LogP contribution is 2.33. The van der Waals surface area contributed by atoms with Crippen molar-refractivity contribution in [2.75, 3.05) is 21.3 Å². The summed E-state index contributed by atoms with van der Waals surface area (Å²) >= 11 is 1.64. The average Bonchev–Trinajstić information content (AvgIpc) is 3.30. The van der Waals surface area contributed by atoms with Gasteiger partial charge in [-0.15, -0.1) is 11.3 Å². The van der Waals surface area contributed by atoms with Gasteiger partial charge in [-0.2, -0.15) is 0 Å². The number of para-hydroxylation sites is 1. The van der Waals surface area contributed by atoms with E-state index >= 15 is 0 Å². The van der Waals surface area contributed by atoms with Crippen molar-refractivity contribution in [1.82, 2.24) is 9.88 Å². The molecule has 30 heavy (non-hydrogen) atoms. The van der Waals surface area contributed by atoms with E-state index in [2.05, 4.69) is 0 Å². The Kier molecular flexibility index (Phi) is 5.68. The monoisotopic (exact) mass is 418 g/mol. The fraction of sp³-hybridized carbons (Fsp3) is 0.167. The quantitative estimate of drug-likeness (QED) is 0.429. The molecule has 4 rings (SSSR count). The van der Waals surface area contributed by atoms with Gasteiger partial charge in [0.25, 0.3) is 5.91 Å². The molecule has 0 bridgehead atoms. The van der Waals surface area contributed by atoms with Gasteiger partial charge in [0.15, 0.2) is 11.5 Å². The molecule has 0 saturated heterocycles. The molecule has 0 atom stereocenters. The van der Waals surface area contributed by atoms with E-state index in [1.807, 2.05) is 73.1 Å². The standard InChI is InChI=1S/C24H22N2O3S/c1-26(15-17-7-6-12-30-17)24(27)19-14-21(25-20-9-5-4-8-18(19)20)16-10-11-22(28-2)23(13-16)29-3/h4-14H,15H2,1-3H3. The number of fused-ring (bicyclic) bond motifs is 1. The molecule has 0 aliphatic rings. The minimum absolute atomic E-state index is 0.0382. The maximum absolute atomic E-state index is 13.4. The van der Waals surface area contributed by atoms with Crippen LogP contribution in [0, 0.1) is 0 Å². The number of hydrogen-bond acceptors (Lipinski definition) is 5. The van der Waals surface area contributed by atoms with Crippen molar-refractivity contribution in [3.63, 3.8) is 0 Å². The number of carbonyl (C=O) groups excluding carboxylic acids is 1. The van der Waals surface area contributed by atoms with Crippen LogP contribution in [0.15, 0.2) is 66.0 Å². The van der Waals surface area contributed by atoms with Crippen LogP contribution in [0.4, 0.5) is 0 Å². The fourth-order valence-electron chi connectivity index (χ4n) is 3.41. The van der Waals surface area contributed by atoms with Gasteiger partial charge < -0.3 is 14.4 Å². The van der Waals surface area contributed by atoms with E-state index in [1.54, 1.807) is 30.5 Å². The third-order valence-corrected chi connectivity index (χ3v) is 5.81. The van der Waals surface area contributed by atoms with Gasteiger partial charge in [-0.1, -0.05) is 24.3 Å². The van der Waals surface area contributed by atoms with Crippen molar-refractivity contribution < 1.29 is 14.3 Å². The molecule has 5 nitrogen and oxygen atoms in total. The third-order valence-electron chi connectivity index (χ3n) is 4.95. The van der Waals surface area contributed by atoms with Crippen LogP contribution < -0.4 is 9.47 Å². The van der Waals surface area contributed by atoms with Crippen molar-refractivity contribution >= 4 is 28.1 Å². The topological polar surface area (TPSA) is 51.7 Å². The van der Waals surface area contributed by atoms with Crippen molar-refractivity contribution in [3.8, 4) is 22.8 Å². The first-order valence-corrected chi connectivity index (χ1v) is 10.4. The zero-order chi connectivity index (χ0) is 21.1. The van der Waals surface area contributed by atoms with Crippen molar-refractivity contribution in [2.45, 2.75) is 6.54 Å². The number of benzene rings is 2. The SMILES string of the molecule is COc1ccc(-c2cc(C(=O)N(C)Cc3cccs3)c3ccccc3n2)cc1OC. The van der Waals surface area contributed by atoms with Crippen LogP contribution in [-0.2, 0) is 6.54 Å². The Balaban J connectivity index is 1.79. The van der Waals surface area contributed by atoms with Crippen molar-refractivity contribution in [2.24, 2.45) is 0 Å². The summed E-state index contributed by atoms with van der Waals surface area (Å²) in [5.41, 5.74) is 2.97. The van der Waals surface area contributed by atoms with Crippen LogP contribution in [0.2, 0.25) is 0 Å². The van der Waals surface area contributed by atoms with Crippen LogP contribution in [-0.4, -0.2) is 37.1 Å². The molecular weight excluding hydrogens is 396 g/mol. The summed E-state index contributed by atoms with van der Waals surface area (Å²) in [6, 6.07) is 19.2. The van der Waals surface area contributed by atoms with Crippen LogP contribution in [0.25, 0.3) is 22.2 Å². The molecule has 0 aliphatic heterocycles. The van der Waals surface area contributed by atoms with Crippen LogP contribution in [0.3, 0.4) is 0 Å². The summed E-state index contributed by atoms with van der Waals surface area (Å²) < 4.78 is 10.8. The molecule has 0 fully saturated rings. The molecule has 4 aromatic rings. The number of ether oxygens (including phenoxy) is 2. The number of aromatic nitrogens is 1. The first-order chi connectivity index (χ1) is 14.6. The Labute approximate surface area is 179 Å². The molecule has 0 spiro atoms. The maximum Gasteiger partial charge on any atom is 0.254 e. The highest BCUT2D eigenvalue weighted by molar-refractivity contribution is 7.09. The molecule has 1 amide bonds. The zero-order valence-corrected chi connectivity index (χ0v) is 17.9. The Morgan fingerprint density at radius 1 is 1.00 bits per heavy atom. The lowest BCUT2D eigenvalue weighted by molar-refractivity contribution is 0.0788. The van der Waals surface area contributed by atoms with E-state index in [4.69, 9.17) is 14.5 Å². The van der Waals surface area contributed by atoms with Crippen molar-refractivity contribution in [1.29, 1.82) is 0 Å². The molecule has 2 aromatic heterocycles. The number of rotatable bonds is 6. The Morgan fingerprint density at radius 3 is 2.53 bits per heavy atom. The normalized spacial score (nSPS) is 10.8. The van der Waals surface area contributed by atoms with Crippen molar-refractivity contribution in [3.05, 3.63) is 76.5 Å². The number of thiophene rings is 1. The van der Waals surface area contributed by atoms with Gasteiger partial charge in [-0.25, -0.2) is 4.98 Å². The number of carbonyl (C=O) groups is 1. The van der Waals surface area contributed by atoms with Gasteiger partial charge in [0.2, 0.25) is 0 Å². The van der Waals surface area contributed by atoms with Gasteiger partial charge in [0.1, 0.15) is 0 Å². The lowest BCUT2D eigenvalue weighted by Gasteiger charge is -2.18. The number of pyridine rings is 1. The molecular formula is C24H22N2O3S. The molecule has 152 valence electrons. The van der Waals surface area contributed by atoms with E-state index in [-0.39, 0.29) is 5.91 Å². The molecule has 0 radical (unpaired) electrons. The second-order valence-electron chi connectivity index (χ2n) is 6.88. The summed E-state index contributed by atoms with van der Waals surface area (Å²) in [5.74, 6) is 1.23. The maximum atomic E-state index is 13.4. The minimum Gasteiger partial charge on any atom is -0.493 e.